The van der Waals surface area contributed by atoms with Crippen LogP contribution in [-0.4, -0.2) is 29.4 Å². The number of aromatic nitrogens is 2. The van der Waals surface area contributed by atoms with Crippen LogP contribution >= 0.6 is 0 Å². The summed E-state index contributed by atoms with van der Waals surface area (Å²) in [6, 6.07) is 1.70. The summed E-state index contributed by atoms with van der Waals surface area (Å²) in [6.07, 6.45) is 5.24. The van der Waals surface area contributed by atoms with E-state index >= 15 is 0 Å². The van der Waals surface area contributed by atoms with Crippen molar-refractivity contribution in [3.8, 4) is 0 Å². The normalized spacial score (nSPS) is 19.6. The minimum absolute atomic E-state index is 0.208. The Morgan fingerprint density at radius 3 is 2.74 bits per heavy atom. The van der Waals surface area contributed by atoms with Crippen LogP contribution in [0, 0.1) is 0 Å². The van der Waals surface area contributed by atoms with E-state index in [1.807, 2.05) is 0 Å². The molecule has 1 fully saturated rings. The lowest BCUT2D eigenvalue weighted by Gasteiger charge is -2.24. The monoisotopic (exact) mass is 283 g/mol. The number of aryl methyl sites for hydroxylation is 2. The largest absolute Gasteiger partial charge is 0.285 e. The molecule has 1 N–H and O–H groups in total. The molecule has 1 aliphatic carbocycles. The number of carbonyl (C=O) groups is 1. The number of sulfonamides is 1. The van der Waals surface area contributed by atoms with Crippen molar-refractivity contribution in [2.45, 2.75) is 50.3 Å². The number of hydrogen-bond acceptors (Lipinski definition) is 4. The average Bonchev–Trinajstić information content (AvgIpc) is 2.68. The number of amides is 1. The number of rotatable bonds is 3. The van der Waals surface area contributed by atoms with E-state index in [0.29, 0.717) is 12.8 Å². The summed E-state index contributed by atoms with van der Waals surface area (Å²) in [5, 5.41) is 3.77. The Bertz CT molecular complexity index is 578. The predicted octanol–water partition coefficient (Wildman–Crippen LogP) is 0.831. The van der Waals surface area contributed by atoms with Gasteiger partial charge in [-0.3, -0.25) is 9.48 Å². The lowest BCUT2D eigenvalue weighted by atomic mass is 10.0. The topological polar surface area (TPSA) is 81.1 Å². The maximum Gasteiger partial charge on any atom is 0.285 e. The molecule has 7 heteroatoms. The fourth-order valence-corrected chi connectivity index (χ4v) is 3.96. The van der Waals surface area contributed by atoms with Crippen LogP contribution in [0.15, 0.2) is 6.07 Å². The molecular formula is C12H17N3O3S. The summed E-state index contributed by atoms with van der Waals surface area (Å²) >= 11 is 0. The van der Waals surface area contributed by atoms with Crippen LogP contribution in [0.2, 0.25) is 0 Å². The van der Waals surface area contributed by atoms with Crippen molar-refractivity contribution >= 4 is 15.9 Å². The highest BCUT2D eigenvalue weighted by molar-refractivity contribution is 7.90. The second kappa shape index (κ2) is 4.63. The molecule has 1 saturated carbocycles. The molecule has 1 aromatic rings. The molecule has 0 bridgehead atoms. The summed E-state index contributed by atoms with van der Waals surface area (Å²) in [6.45, 7) is 0.804. The van der Waals surface area contributed by atoms with Gasteiger partial charge in [-0.05, 0) is 38.2 Å². The maximum absolute atomic E-state index is 12.0. The summed E-state index contributed by atoms with van der Waals surface area (Å²) in [7, 11) is -3.52. The van der Waals surface area contributed by atoms with Gasteiger partial charge in [-0.15, -0.1) is 0 Å². The average molecular weight is 283 g/mol. The van der Waals surface area contributed by atoms with Crippen molar-refractivity contribution in [1.29, 1.82) is 0 Å². The molecule has 1 aromatic heterocycles. The Morgan fingerprint density at radius 1 is 1.32 bits per heavy atom. The van der Waals surface area contributed by atoms with E-state index in [9.17, 15) is 13.2 Å². The van der Waals surface area contributed by atoms with Crippen LogP contribution in [-0.2, 0) is 23.0 Å². The summed E-state index contributed by atoms with van der Waals surface area (Å²) in [4.78, 5) is 12.0. The van der Waals surface area contributed by atoms with Crippen molar-refractivity contribution in [3.63, 3.8) is 0 Å². The van der Waals surface area contributed by atoms with Gasteiger partial charge in [-0.1, -0.05) is 6.42 Å². The molecule has 6 nitrogen and oxygen atoms in total. The lowest BCUT2D eigenvalue weighted by Crippen LogP contribution is -2.41. The Balaban J connectivity index is 1.75. The highest BCUT2D eigenvalue weighted by atomic mass is 32.2. The molecule has 3 rings (SSSR count). The molecule has 19 heavy (non-hydrogen) atoms. The first-order valence-electron chi connectivity index (χ1n) is 6.69. The summed E-state index contributed by atoms with van der Waals surface area (Å²) in [5.74, 6) is -0.603. The van der Waals surface area contributed by atoms with Gasteiger partial charge >= 0.3 is 0 Å². The lowest BCUT2D eigenvalue weighted by molar-refractivity contribution is 0.0975. The smallest absolute Gasteiger partial charge is 0.269 e. The van der Waals surface area contributed by atoms with E-state index in [-0.39, 0.29) is 5.69 Å². The van der Waals surface area contributed by atoms with Gasteiger partial charge in [0.05, 0.1) is 5.25 Å². The molecule has 2 heterocycles. The number of hydrogen-bond donors (Lipinski definition) is 1. The van der Waals surface area contributed by atoms with Gasteiger partial charge in [-0.25, -0.2) is 13.1 Å². The van der Waals surface area contributed by atoms with Crippen molar-refractivity contribution in [1.82, 2.24) is 14.5 Å². The van der Waals surface area contributed by atoms with Crippen LogP contribution in [0.1, 0.15) is 48.3 Å². The SMILES string of the molecule is O=C(NS(=O)(=O)C1CCC1)c1cc2n(n1)CCCC2. The molecule has 0 aromatic carbocycles. The van der Waals surface area contributed by atoms with Crippen LogP contribution in [0.5, 0.6) is 0 Å². The van der Waals surface area contributed by atoms with Gasteiger partial charge in [0.25, 0.3) is 5.91 Å². The summed E-state index contributed by atoms with van der Waals surface area (Å²) < 4.78 is 27.7. The minimum atomic E-state index is -3.52. The van der Waals surface area contributed by atoms with Crippen molar-refractivity contribution in [2.24, 2.45) is 0 Å². The van der Waals surface area contributed by atoms with Crippen LogP contribution in [0.3, 0.4) is 0 Å². The Kier molecular flexibility index (Phi) is 3.08. The number of fused-ring (bicyclic) bond motifs is 1. The second-order valence-corrected chi connectivity index (χ2v) is 7.19. The minimum Gasteiger partial charge on any atom is -0.269 e. The first kappa shape index (κ1) is 12.7. The molecule has 0 radical (unpaired) electrons. The van der Waals surface area contributed by atoms with Gasteiger partial charge in [0, 0.05) is 12.2 Å². The summed E-state index contributed by atoms with van der Waals surface area (Å²) in [5.41, 5.74) is 1.22. The van der Waals surface area contributed by atoms with Crippen LogP contribution in [0.4, 0.5) is 0 Å². The highest BCUT2D eigenvalue weighted by Crippen LogP contribution is 2.25. The number of carbonyl (C=O) groups excluding carboxylic acids is 1. The van der Waals surface area contributed by atoms with Gasteiger partial charge in [0.15, 0.2) is 5.69 Å². The maximum atomic E-state index is 12.0. The number of nitrogens with zero attached hydrogens (tertiary/aromatic N) is 2. The predicted molar refractivity (Wildman–Crippen MR) is 69.2 cm³/mol. The first-order chi connectivity index (χ1) is 9.06. The molecular weight excluding hydrogens is 266 g/mol. The molecule has 0 atom stereocenters. The molecule has 2 aliphatic rings. The Hall–Kier alpha value is -1.37. The van der Waals surface area contributed by atoms with E-state index in [1.54, 1.807) is 10.7 Å². The van der Waals surface area contributed by atoms with E-state index in [1.165, 1.54) is 0 Å². The molecule has 0 saturated heterocycles. The molecule has 0 unspecified atom stereocenters. The molecule has 1 aliphatic heterocycles. The zero-order chi connectivity index (χ0) is 13.5. The standard InChI is InChI=1S/C12H17N3O3S/c16-12(14-19(17,18)10-5-3-6-10)11-8-9-4-1-2-7-15(9)13-11/h8,10H,1-7H2,(H,14,16). The van der Waals surface area contributed by atoms with Crippen molar-refractivity contribution in [2.75, 3.05) is 0 Å². The van der Waals surface area contributed by atoms with Gasteiger partial charge in [0.1, 0.15) is 0 Å². The van der Waals surface area contributed by atoms with E-state index in [2.05, 4.69) is 9.82 Å². The van der Waals surface area contributed by atoms with Gasteiger partial charge < -0.3 is 0 Å². The zero-order valence-corrected chi connectivity index (χ0v) is 11.4. The van der Waals surface area contributed by atoms with Crippen LogP contribution < -0.4 is 4.72 Å². The molecule has 0 spiro atoms. The fraction of sp³-hybridized carbons (Fsp3) is 0.667. The van der Waals surface area contributed by atoms with E-state index in [0.717, 1.165) is 37.9 Å². The Morgan fingerprint density at radius 2 is 2.11 bits per heavy atom. The van der Waals surface area contributed by atoms with Crippen molar-refractivity contribution in [3.05, 3.63) is 17.5 Å². The third kappa shape index (κ3) is 2.39. The van der Waals surface area contributed by atoms with E-state index < -0.39 is 21.2 Å². The van der Waals surface area contributed by atoms with Gasteiger partial charge in [-0.2, -0.15) is 5.10 Å². The third-order valence-electron chi connectivity index (χ3n) is 3.87. The third-order valence-corrected chi connectivity index (χ3v) is 5.69. The quantitative estimate of drug-likeness (QED) is 0.891. The first-order valence-corrected chi connectivity index (χ1v) is 8.23. The Labute approximate surface area is 112 Å². The fourth-order valence-electron chi connectivity index (χ4n) is 2.47. The zero-order valence-electron chi connectivity index (χ0n) is 10.6. The number of nitrogens with one attached hydrogen (secondary N) is 1. The van der Waals surface area contributed by atoms with Gasteiger partial charge in [0.2, 0.25) is 10.0 Å². The second-order valence-electron chi connectivity index (χ2n) is 5.23. The van der Waals surface area contributed by atoms with Crippen LogP contribution in [0.25, 0.3) is 0 Å². The molecule has 104 valence electrons. The van der Waals surface area contributed by atoms with Crippen molar-refractivity contribution < 1.29 is 13.2 Å². The molecule has 1 amide bonds. The highest BCUT2D eigenvalue weighted by Gasteiger charge is 2.33. The van der Waals surface area contributed by atoms with E-state index in [4.69, 9.17) is 0 Å².